The summed E-state index contributed by atoms with van der Waals surface area (Å²) in [5, 5.41) is 9.23. The van der Waals surface area contributed by atoms with E-state index in [1.54, 1.807) is 25.1 Å². The van der Waals surface area contributed by atoms with Crippen molar-refractivity contribution in [3.63, 3.8) is 0 Å². The minimum Gasteiger partial charge on any atom is -0.490 e. The second-order valence-electron chi connectivity index (χ2n) is 3.44. The lowest BCUT2D eigenvalue weighted by molar-refractivity contribution is -0.138. The summed E-state index contributed by atoms with van der Waals surface area (Å²) in [6.45, 7) is 3.59. The van der Waals surface area contributed by atoms with E-state index < -0.39 is 5.97 Å². The molecule has 0 saturated carbocycles. The fraction of sp³-hybridized carbons (Fsp3) is 0.364. The maximum atomic E-state index is 10.4. The SMILES string of the molecule is Cc1cc(OC(C)CC(=O)O)ccc1Cl. The average molecular weight is 229 g/mol. The molecule has 1 N–H and O–H groups in total. The van der Waals surface area contributed by atoms with Crippen molar-refractivity contribution >= 4 is 17.6 Å². The van der Waals surface area contributed by atoms with Crippen molar-refractivity contribution in [1.82, 2.24) is 0 Å². The smallest absolute Gasteiger partial charge is 0.307 e. The van der Waals surface area contributed by atoms with Crippen molar-refractivity contribution in [2.24, 2.45) is 0 Å². The molecule has 1 aromatic rings. The summed E-state index contributed by atoms with van der Waals surface area (Å²) in [6, 6.07) is 5.26. The first kappa shape index (κ1) is 11.9. The molecule has 0 aromatic heterocycles. The Balaban J connectivity index is 2.64. The van der Waals surface area contributed by atoms with Gasteiger partial charge in [0.15, 0.2) is 0 Å². The van der Waals surface area contributed by atoms with Gasteiger partial charge in [0, 0.05) is 5.02 Å². The van der Waals surface area contributed by atoms with Gasteiger partial charge in [0.2, 0.25) is 0 Å². The molecule has 0 aliphatic rings. The van der Waals surface area contributed by atoms with Gasteiger partial charge in [-0.3, -0.25) is 4.79 Å². The van der Waals surface area contributed by atoms with Crippen LogP contribution in [0.15, 0.2) is 18.2 Å². The predicted octanol–water partition coefficient (Wildman–Crippen LogP) is 2.89. The minimum absolute atomic E-state index is 0.0122. The third-order valence-electron chi connectivity index (χ3n) is 1.93. The molecule has 0 bridgehead atoms. The lowest BCUT2D eigenvalue weighted by atomic mass is 10.2. The van der Waals surface area contributed by atoms with Crippen molar-refractivity contribution < 1.29 is 14.6 Å². The van der Waals surface area contributed by atoms with E-state index in [1.807, 2.05) is 6.92 Å². The number of hydrogen-bond donors (Lipinski definition) is 1. The molecule has 4 heteroatoms. The number of ether oxygens (including phenoxy) is 1. The van der Waals surface area contributed by atoms with E-state index in [0.717, 1.165) is 5.56 Å². The number of carbonyl (C=O) groups is 1. The van der Waals surface area contributed by atoms with Gasteiger partial charge in [-0.15, -0.1) is 0 Å². The fourth-order valence-electron chi connectivity index (χ4n) is 1.21. The molecule has 1 rings (SSSR count). The van der Waals surface area contributed by atoms with Gasteiger partial charge >= 0.3 is 5.97 Å². The lowest BCUT2D eigenvalue weighted by Gasteiger charge is -2.13. The molecule has 0 radical (unpaired) electrons. The van der Waals surface area contributed by atoms with Crippen LogP contribution in [-0.4, -0.2) is 17.2 Å². The van der Waals surface area contributed by atoms with Crippen LogP contribution in [0, 0.1) is 6.92 Å². The summed E-state index contributed by atoms with van der Waals surface area (Å²) < 4.78 is 5.42. The first-order valence-corrected chi connectivity index (χ1v) is 5.01. The number of rotatable bonds is 4. The Morgan fingerprint density at radius 2 is 2.27 bits per heavy atom. The first-order valence-electron chi connectivity index (χ1n) is 4.63. The molecular formula is C11H13ClO3. The number of aryl methyl sites for hydroxylation is 1. The zero-order valence-electron chi connectivity index (χ0n) is 8.66. The second kappa shape index (κ2) is 5.03. The molecule has 0 fully saturated rings. The molecule has 0 saturated heterocycles. The van der Waals surface area contributed by atoms with Crippen LogP contribution >= 0.6 is 11.6 Å². The highest BCUT2D eigenvalue weighted by molar-refractivity contribution is 6.31. The van der Waals surface area contributed by atoms with Gasteiger partial charge in [-0.05, 0) is 37.6 Å². The molecule has 0 amide bonds. The maximum Gasteiger partial charge on any atom is 0.307 e. The largest absolute Gasteiger partial charge is 0.490 e. The van der Waals surface area contributed by atoms with E-state index in [0.29, 0.717) is 10.8 Å². The zero-order valence-corrected chi connectivity index (χ0v) is 9.41. The van der Waals surface area contributed by atoms with Crippen molar-refractivity contribution in [1.29, 1.82) is 0 Å². The summed E-state index contributed by atoms with van der Waals surface area (Å²) in [7, 11) is 0. The van der Waals surface area contributed by atoms with E-state index in [2.05, 4.69) is 0 Å². The standard InChI is InChI=1S/C11H13ClO3/c1-7-5-9(3-4-10(7)12)15-8(2)6-11(13)14/h3-5,8H,6H2,1-2H3,(H,13,14). The summed E-state index contributed by atoms with van der Waals surface area (Å²) >= 11 is 5.85. The van der Waals surface area contributed by atoms with Crippen LogP contribution in [0.1, 0.15) is 18.9 Å². The van der Waals surface area contributed by atoms with Gasteiger partial charge in [-0.2, -0.15) is 0 Å². The fourth-order valence-corrected chi connectivity index (χ4v) is 1.33. The highest BCUT2D eigenvalue weighted by atomic mass is 35.5. The number of hydrogen-bond acceptors (Lipinski definition) is 2. The molecule has 0 spiro atoms. The summed E-state index contributed by atoms with van der Waals surface area (Å²) in [4.78, 5) is 10.4. The predicted molar refractivity (Wildman–Crippen MR) is 58.5 cm³/mol. The van der Waals surface area contributed by atoms with E-state index in [-0.39, 0.29) is 12.5 Å². The number of carboxylic acids is 1. The third-order valence-corrected chi connectivity index (χ3v) is 2.35. The average Bonchev–Trinajstić information content (AvgIpc) is 2.10. The number of benzene rings is 1. The quantitative estimate of drug-likeness (QED) is 0.862. The summed E-state index contributed by atoms with van der Waals surface area (Å²) in [6.07, 6.45) is -0.357. The Hall–Kier alpha value is -1.22. The Bertz CT molecular complexity index is 363. The van der Waals surface area contributed by atoms with Gasteiger partial charge in [-0.1, -0.05) is 11.6 Å². The number of halogens is 1. The Labute approximate surface area is 93.6 Å². The molecule has 0 aliphatic carbocycles. The normalized spacial score (nSPS) is 12.2. The van der Waals surface area contributed by atoms with E-state index >= 15 is 0 Å². The molecule has 1 aromatic carbocycles. The minimum atomic E-state index is -0.867. The Morgan fingerprint density at radius 3 is 2.80 bits per heavy atom. The molecule has 82 valence electrons. The topological polar surface area (TPSA) is 46.5 Å². The van der Waals surface area contributed by atoms with Crippen molar-refractivity contribution in [3.8, 4) is 5.75 Å². The van der Waals surface area contributed by atoms with Gasteiger partial charge in [0.1, 0.15) is 11.9 Å². The zero-order chi connectivity index (χ0) is 11.4. The number of aliphatic carboxylic acids is 1. The van der Waals surface area contributed by atoms with Crippen LogP contribution in [-0.2, 0) is 4.79 Å². The molecule has 0 heterocycles. The van der Waals surface area contributed by atoms with E-state index in [4.69, 9.17) is 21.4 Å². The third kappa shape index (κ3) is 3.80. The van der Waals surface area contributed by atoms with E-state index in [9.17, 15) is 4.79 Å². The van der Waals surface area contributed by atoms with Crippen LogP contribution in [0.4, 0.5) is 0 Å². The second-order valence-corrected chi connectivity index (χ2v) is 3.84. The molecule has 3 nitrogen and oxygen atoms in total. The van der Waals surface area contributed by atoms with Crippen molar-refractivity contribution in [3.05, 3.63) is 28.8 Å². The monoisotopic (exact) mass is 228 g/mol. The molecular weight excluding hydrogens is 216 g/mol. The van der Waals surface area contributed by atoms with Gasteiger partial charge < -0.3 is 9.84 Å². The van der Waals surface area contributed by atoms with Crippen molar-refractivity contribution in [2.75, 3.05) is 0 Å². The van der Waals surface area contributed by atoms with Gasteiger partial charge in [-0.25, -0.2) is 0 Å². The van der Waals surface area contributed by atoms with Gasteiger partial charge in [0.25, 0.3) is 0 Å². The van der Waals surface area contributed by atoms with Crippen LogP contribution in [0.25, 0.3) is 0 Å². The van der Waals surface area contributed by atoms with Crippen LogP contribution in [0.5, 0.6) is 5.75 Å². The Morgan fingerprint density at radius 1 is 1.60 bits per heavy atom. The highest BCUT2D eigenvalue weighted by Crippen LogP contribution is 2.22. The van der Waals surface area contributed by atoms with Crippen molar-refractivity contribution in [2.45, 2.75) is 26.4 Å². The van der Waals surface area contributed by atoms with E-state index in [1.165, 1.54) is 0 Å². The van der Waals surface area contributed by atoms with Gasteiger partial charge in [0.05, 0.1) is 6.42 Å². The van der Waals surface area contributed by atoms with Crippen LogP contribution in [0.2, 0.25) is 5.02 Å². The maximum absolute atomic E-state index is 10.4. The molecule has 15 heavy (non-hydrogen) atoms. The van der Waals surface area contributed by atoms with Crippen LogP contribution < -0.4 is 4.74 Å². The highest BCUT2D eigenvalue weighted by Gasteiger charge is 2.09. The molecule has 0 aliphatic heterocycles. The molecule has 1 unspecified atom stereocenters. The lowest BCUT2D eigenvalue weighted by Crippen LogP contribution is -2.16. The summed E-state index contributed by atoms with van der Waals surface area (Å²) in [5.74, 6) is -0.223. The summed E-state index contributed by atoms with van der Waals surface area (Å²) in [5.41, 5.74) is 0.914. The number of carboxylic acid groups (broad SMARTS) is 1. The van der Waals surface area contributed by atoms with Crippen LogP contribution in [0.3, 0.4) is 0 Å². The Kier molecular flexibility index (Phi) is 3.97. The molecule has 1 atom stereocenters. The first-order chi connectivity index (χ1) is 6.99.